The summed E-state index contributed by atoms with van der Waals surface area (Å²) in [6, 6.07) is 11.3. The Labute approximate surface area is 168 Å². The Morgan fingerprint density at radius 2 is 1.86 bits per heavy atom. The van der Waals surface area contributed by atoms with Crippen LogP contribution < -0.4 is 14.8 Å². The lowest BCUT2D eigenvalue weighted by Crippen LogP contribution is -2.30. The molecule has 0 saturated heterocycles. The maximum absolute atomic E-state index is 12.3. The summed E-state index contributed by atoms with van der Waals surface area (Å²) in [6.45, 7) is 6.52. The van der Waals surface area contributed by atoms with Crippen LogP contribution in [0.3, 0.4) is 0 Å². The Balaban J connectivity index is 1.49. The highest BCUT2D eigenvalue weighted by molar-refractivity contribution is 8.00. The molecule has 1 atom stereocenters. The van der Waals surface area contributed by atoms with Crippen LogP contribution in [0.5, 0.6) is 11.5 Å². The topological polar surface area (TPSA) is 73.9 Å². The predicted octanol–water partition coefficient (Wildman–Crippen LogP) is 3.74. The van der Waals surface area contributed by atoms with E-state index < -0.39 is 12.1 Å². The number of esters is 1. The van der Waals surface area contributed by atoms with Gasteiger partial charge in [-0.1, -0.05) is 17.7 Å². The zero-order chi connectivity index (χ0) is 20.1. The minimum absolute atomic E-state index is 0.0980. The molecule has 6 nitrogen and oxygen atoms in total. The molecule has 0 saturated carbocycles. The van der Waals surface area contributed by atoms with Crippen molar-refractivity contribution >= 4 is 29.3 Å². The summed E-state index contributed by atoms with van der Waals surface area (Å²) in [7, 11) is 0. The van der Waals surface area contributed by atoms with E-state index in [9.17, 15) is 9.59 Å². The predicted molar refractivity (Wildman–Crippen MR) is 108 cm³/mol. The van der Waals surface area contributed by atoms with E-state index in [0.29, 0.717) is 30.4 Å². The molecular formula is C21H23NO5S. The lowest BCUT2D eigenvalue weighted by Gasteiger charge is -2.18. The lowest BCUT2D eigenvalue weighted by atomic mass is 10.1. The zero-order valence-corrected chi connectivity index (χ0v) is 16.9. The van der Waals surface area contributed by atoms with Gasteiger partial charge < -0.3 is 19.5 Å². The summed E-state index contributed by atoms with van der Waals surface area (Å²) in [6.07, 6.45) is -0.880. The summed E-state index contributed by atoms with van der Waals surface area (Å²) in [5, 5.41) is 2.80. The molecule has 0 aliphatic carbocycles. The summed E-state index contributed by atoms with van der Waals surface area (Å²) >= 11 is 1.32. The van der Waals surface area contributed by atoms with Gasteiger partial charge in [0.05, 0.1) is 5.75 Å². The first kappa shape index (κ1) is 20.1. The van der Waals surface area contributed by atoms with Gasteiger partial charge in [-0.25, -0.2) is 0 Å². The van der Waals surface area contributed by atoms with Crippen LogP contribution in [-0.4, -0.2) is 36.9 Å². The molecule has 0 bridgehead atoms. The standard InChI is InChI=1S/C21H23NO5S/c1-13-4-6-17(14(2)10-13)22-21(24)15(3)27-20(23)12-28-16-5-7-18-19(11-16)26-9-8-25-18/h4-7,10-11,15H,8-9,12H2,1-3H3,(H,22,24)/t15-/m0/s1. The lowest BCUT2D eigenvalue weighted by molar-refractivity contribution is -0.150. The van der Waals surface area contributed by atoms with Crippen LogP contribution in [0.2, 0.25) is 0 Å². The monoisotopic (exact) mass is 401 g/mol. The molecule has 28 heavy (non-hydrogen) atoms. The molecule has 148 valence electrons. The fourth-order valence-electron chi connectivity index (χ4n) is 2.73. The van der Waals surface area contributed by atoms with Crippen LogP contribution in [0.25, 0.3) is 0 Å². The van der Waals surface area contributed by atoms with Crippen molar-refractivity contribution in [1.82, 2.24) is 0 Å². The number of anilines is 1. The number of fused-ring (bicyclic) bond motifs is 1. The third-order valence-electron chi connectivity index (χ3n) is 4.19. The number of rotatable bonds is 6. The van der Waals surface area contributed by atoms with Gasteiger partial charge in [0.15, 0.2) is 17.6 Å². The van der Waals surface area contributed by atoms with Gasteiger partial charge in [0, 0.05) is 10.6 Å². The van der Waals surface area contributed by atoms with Crippen LogP contribution in [0, 0.1) is 13.8 Å². The Bertz CT molecular complexity index is 883. The van der Waals surface area contributed by atoms with Crippen LogP contribution in [0.4, 0.5) is 5.69 Å². The van der Waals surface area contributed by atoms with Crippen molar-refractivity contribution < 1.29 is 23.8 Å². The fraction of sp³-hybridized carbons (Fsp3) is 0.333. The van der Waals surface area contributed by atoms with E-state index in [2.05, 4.69) is 5.32 Å². The van der Waals surface area contributed by atoms with Gasteiger partial charge in [-0.3, -0.25) is 9.59 Å². The molecule has 1 amide bonds. The maximum atomic E-state index is 12.3. The van der Waals surface area contributed by atoms with E-state index >= 15 is 0 Å². The SMILES string of the molecule is Cc1ccc(NC(=O)[C@H](C)OC(=O)CSc2ccc3c(c2)OCCO3)c(C)c1. The molecule has 0 radical (unpaired) electrons. The molecule has 0 aromatic heterocycles. The number of benzene rings is 2. The van der Waals surface area contributed by atoms with Gasteiger partial charge in [-0.05, 0) is 50.6 Å². The molecule has 0 unspecified atom stereocenters. The number of amides is 1. The Morgan fingerprint density at radius 1 is 1.11 bits per heavy atom. The van der Waals surface area contributed by atoms with Crippen LogP contribution in [-0.2, 0) is 14.3 Å². The first-order valence-corrected chi connectivity index (χ1v) is 10.0. The number of thioether (sulfide) groups is 1. The van der Waals surface area contributed by atoms with Gasteiger partial charge in [0.25, 0.3) is 5.91 Å². The van der Waals surface area contributed by atoms with Gasteiger partial charge in [0.2, 0.25) is 0 Å². The van der Waals surface area contributed by atoms with E-state index in [0.717, 1.165) is 16.0 Å². The number of nitrogens with one attached hydrogen (secondary N) is 1. The molecule has 7 heteroatoms. The van der Waals surface area contributed by atoms with Crippen LogP contribution in [0.1, 0.15) is 18.1 Å². The third-order valence-corrected chi connectivity index (χ3v) is 5.15. The molecular weight excluding hydrogens is 378 g/mol. The van der Waals surface area contributed by atoms with Crippen molar-refractivity contribution in [2.24, 2.45) is 0 Å². The van der Waals surface area contributed by atoms with Gasteiger partial charge in [-0.15, -0.1) is 11.8 Å². The van der Waals surface area contributed by atoms with E-state index in [1.165, 1.54) is 11.8 Å². The zero-order valence-electron chi connectivity index (χ0n) is 16.1. The van der Waals surface area contributed by atoms with Crippen LogP contribution >= 0.6 is 11.8 Å². The van der Waals surface area contributed by atoms with E-state index in [1.54, 1.807) is 6.92 Å². The maximum Gasteiger partial charge on any atom is 0.317 e. The van der Waals surface area contributed by atoms with E-state index in [1.807, 2.05) is 50.2 Å². The number of aryl methyl sites for hydroxylation is 2. The quantitative estimate of drug-likeness (QED) is 0.587. The summed E-state index contributed by atoms with van der Waals surface area (Å²) in [4.78, 5) is 25.3. The van der Waals surface area contributed by atoms with Gasteiger partial charge in [-0.2, -0.15) is 0 Å². The second-order valence-electron chi connectivity index (χ2n) is 6.53. The highest BCUT2D eigenvalue weighted by Crippen LogP contribution is 2.34. The molecule has 0 spiro atoms. The molecule has 0 fully saturated rings. The normalized spacial score (nSPS) is 13.5. The molecule has 3 rings (SSSR count). The highest BCUT2D eigenvalue weighted by atomic mass is 32.2. The smallest absolute Gasteiger partial charge is 0.317 e. The minimum Gasteiger partial charge on any atom is -0.486 e. The average molecular weight is 401 g/mol. The largest absolute Gasteiger partial charge is 0.486 e. The Morgan fingerprint density at radius 3 is 2.61 bits per heavy atom. The molecule has 1 aliphatic rings. The van der Waals surface area contributed by atoms with Crippen molar-refractivity contribution in [3.05, 3.63) is 47.5 Å². The summed E-state index contributed by atoms with van der Waals surface area (Å²) in [5.41, 5.74) is 2.79. The van der Waals surface area contributed by atoms with Crippen molar-refractivity contribution in [2.75, 3.05) is 24.3 Å². The second kappa shape index (κ2) is 9.01. The van der Waals surface area contributed by atoms with Gasteiger partial charge in [0.1, 0.15) is 13.2 Å². The number of carbonyl (C=O) groups is 2. The second-order valence-corrected chi connectivity index (χ2v) is 7.58. The van der Waals surface area contributed by atoms with E-state index in [-0.39, 0.29) is 11.7 Å². The molecule has 2 aromatic rings. The Kier molecular flexibility index (Phi) is 6.46. The number of carbonyl (C=O) groups excluding carboxylic acids is 2. The molecule has 1 N–H and O–H groups in total. The Hall–Kier alpha value is -2.67. The van der Waals surface area contributed by atoms with Crippen LogP contribution in [0.15, 0.2) is 41.3 Å². The number of ether oxygens (including phenoxy) is 3. The van der Waals surface area contributed by atoms with Crippen molar-refractivity contribution in [3.8, 4) is 11.5 Å². The number of hydrogen-bond acceptors (Lipinski definition) is 6. The minimum atomic E-state index is -0.880. The van der Waals surface area contributed by atoms with Crippen molar-refractivity contribution in [3.63, 3.8) is 0 Å². The van der Waals surface area contributed by atoms with Gasteiger partial charge >= 0.3 is 5.97 Å². The first-order valence-electron chi connectivity index (χ1n) is 9.02. The molecule has 1 aliphatic heterocycles. The summed E-state index contributed by atoms with van der Waals surface area (Å²) < 4.78 is 16.3. The highest BCUT2D eigenvalue weighted by Gasteiger charge is 2.19. The van der Waals surface area contributed by atoms with E-state index in [4.69, 9.17) is 14.2 Å². The molecule has 2 aromatic carbocycles. The third kappa shape index (κ3) is 5.19. The van der Waals surface area contributed by atoms with Crippen molar-refractivity contribution in [2.45, 2.75) is 31.8 Å². The average Bonchev–Trinajstić information content (AvgIpc) is 2.68. The number of hydrogen-bond donors (Lipinski definition) is 1. The first-order chi connectivity index (χ1) is 13.4. The van der Waals surface area contributed by atoms with Crippen molar-refractivity contribution in [1.29, 1.82) is 0 Å². The summed E-state index contributed by atoms with van der Waals surface area (Å²) in [5.74, 6) is 0.661. The fourth-order valence-corrected chi connectivity index (χ4v) is 3.44. The molecule has 1 heterocycles.